The summed E-state index contributed by atoms with van der Waals surface area (Å²) in [7, 11) is 0. The van der Waals surface area contributed by atoms with Crippen LogP contribution in [0.3, 0.4) is 0 Å². The Balaban J connectivity index is 1.78. The third-order valence-electron chi connectivity index (χ3n) is 18.9. The van der Waals surface area contributed by atoms with E-state index in [2.05, 4.69) is 89.2 Å². The molecule has 0 aromatic rings. The number of allylic oxidation sites excluding steroid dienone is 2. The lowest BCUT2D eigenvalue weighted by molar-refractivity contribution is 0.0983. The van der Waals surface area contributed by atoms with Crippen molar-refractivity contribution in [1.82, 2.24) is 0 Å². The van der Waals surface area contributed by atoms with Crippen LogP contribution in [-0.4, -0.2) is 0 Å². The molecule has 10 unspecified atom stereocenters. The summed E-state index contributed by atoms with van der Waals surface area (Å²) >= 11 is 0. The fourth-order valence-electron chi connectivity index (χ4n) is 14.6. The van der Waals surface area contributed by atoms with E-state index in [4.69, 9.17) is 0 Å². The molecule has 360 valence electrons. The van der Waals surface area contributed by atoms with Gasteiger partial charge in [-0.3, -0.25) is 0 Å². The Bertz CT molecular complexity index is 1120. The van der Waals surface area contributed by atoms with E-state index in [0.29, 0.717) is 10.8 Å². The zero-order valence-electron chi connectivity index (χ0n) is 44.5. The summed E-state index contributed by atoms with van der Waals surface area (Å²) in [6.07, 6.45) is 53.8. The minimum atomic E-state index is 0.266. The molecule has 61 heavy (non-hydrogen) atoms. The largest absolute Gasteiger partial charge is 0.0791 e. The second-order valence-electron chi connectivity index (χ2n) is 24.6. The van der Waals surface area contributed by atoms with Crippen molar-refractivity contribution < 1.29 is 0 Å². The fourth-order valence-corrected chi connectivity index (χ4v) is 14.6. The molecule has 0 aromatic carbocycles. The molecule has 0 heteroatoms. The fraction of sp³-hybridized carbons (Fsp3) is 0.967. The molecule has 0 spiro atoms. The van der Waals surface area contributed by atoms with Crippen molar-refractivity contribution in [3.63, 3.8) is 0 Å². The van der Waals surface area contributed by atoms with Gasteiger partial charge in [0.15, 0.2) is 0 Å². The van der Waals surface area contributed by atoms with Gasteiger partial charge in [-0.15, -0.1) is 0 Å². The van der Waals surface area contributed by atoms with Gasteiger partial charge in [-0.1, -0.05) is 242 Å². The normalized spacial score (nSPS) is 28.1. The molecule has 0 aliphatic heterocycles. The highest BCUT2D eigenvalue weighted by atomic mass is 14.6. The van der Waals surface area contributed by atoms with Crippen LogP contribution in [-0.2, 0) is 0 Å². The summed E-state index contributed by atoms with van der Waals surface area (Å²) in [6.45, 7) is 30.9. The molecule has 0 radical (unpaired) electrons. The molecule has 10 atom stereocenters. The number of unbranched alkanes of at least 4 members (excludes halogenated alkanes) is 9. The molecule has 0 saturated heterocycles. The molecule has 0 aromatic heterocycles. The van der Waals surface area contributed by atoms with Gasteiger partial charge in [0, 0.05) is 0 Å². The van der Waals surface area contributed by atoms with E-state index in [1.807, 2.05) is 5.57 Å². The van der Waals surface area contributed by atoms with Gasteiger partial charge >= 0.3 is 0 Å². The number of hydrogen-bond acceptors (Lipinski definition) is 0. The van der Waals surface area contributed by atoms with Gasteiger partial charge < -0.3 is 0 Å². The molecular formula is C61H116. The Morgan fingerprint density at radius 3 is 1.80 bits per heavy atom. The summed E-state index contributed by atoms with van der Waals surface area (Å²) in [5.41, 5.74) is 3.39. The van der Waals surface area contributed by atoms with Crippen LogP contribution in [0.2, 0.25) is 0 Å². The smallest absolute Gasteiger partial charge is 0.0144 e. The van der Waals surface area contributed by atoms with E-state index in [9.17, 15) is 0 Å². The van der Waals surface area contributed by atoms with E-state index in [1.165, 1.54) is 225 Å². The average molecular weight is 850 g/mol. The molecule has 3 rings (SSSR count). The first kappa shape index (κ1) is 55.1. The van der Waals surface area contributed by atoms with Crippen molar-refractivity contribution in [2.24, 2.45) is 69.5 Å². The first-order chi connectivity index (χ1) is 29.3. The maximum absolute atomic E-state index is 3.02. The minimum Gasteiger partial charge on any atom is -0.0791 e. The van der Waals surface area contributed by atoms with Crippen molar-refractivity contribution in [3.8, 4) is 0 Å². The quantitative estimate of drug-likeness (QED) is 0.0482. The van der Waals surface area contributed by atoms with E-state index >= 15 is 0 Å². The van der Waals surface area contributed by atoms with Crippen LogP contribution in [0, 0.1) is 69.5 Å². The molecule has 3 aliphatic carbocycles. The molecule has 0 N–H and O–H groups in total. The lowest BCUT2D eigenvalue weighted by atomic mass is 9.64. The predicted molar refractivity (Wildman–Crippen MR) is 276 cm³/mol. The zero-order valence-corrected chi connectivity index (χ0v) is 44.5. The molecule has 0 amide bonds. The molecule has 2 saturated carbocycles. The second-order valence-corrected chi connectivity index (χ2v) is 24.6. The maximum Gasteiger partial charge on any atom is -0.0144 e. The average Bonchev–Trinajstić information content (AvgIpc) is 3.60. The molecule has 2 fully saturated rings. The van der Waals surface area contributed by atoms with Crippen molar-refractivity contribution in [2.75, 3.05) is 0 Å². The Morgan fingerprint density at radius 2 is 1.18 bits per heavy atom. The Morgan fingerprint density at radius 1 is 0.590 bits per heavy atom. The summed E-state index contributed by atoms with van der Waals surface area (Å²) in [5, 5.41) is 0. The maximum atomic E-state index is 3.02. The third kappa shape index (κ3) is 18.9. The highest BCUT2D eigenvalue weighted by Crippen LogP contribution is 2.62. The highest BCUT2D eigenvalue weighted by Gasteiger charge is 2.51. The monoisotopic (exact) mass is 849 g/mol. The summed E-state index contributed by atoms with van der Waals surface area (Å²) < 4.78 is 0. The van der Waals surface area contributed by atoms with E-state index in [1.54, 1.807) is 0 Å². The van der Waals surface area contributed by atoms with Gasteiger partial charge in [-0.25, -0.2) is 0 Å². The second kappa shape index (κ2) is 29.4. The summed E-state index contributed by atoms with van der Waals surface area (Å²) in [5.74, 6) is 7.89. The lowest BCUT2D eigenvalue weighted by Gasteiger charge is -2.41. The van der Waals surface area contributed by atoms with Crippen molar-refractivity contribution in [2.45, 2.75) is 308 Å². The van der Waals surface area contributed by atoms with Gasteiger partial charge in [0.2, 0.25) is 0 Å². The van der Waals surface area contributed by atoms with Crippen molar-refractivity contribution in [3.05, 3.63) is 11.6 Å². The van der Waals surface area contributed by atoms with E-state index in [0.717, 1.165) is 53.3 Å². The van der Waals surface area contributed by atoms with Gasteiger partial charge in [-0.05, 0) is 147 Å². The van der Waals surface area contributed by atoms with Crippen LogP contribution < -0.4 is 0 Å². The highest BCUT2D eigenvalue weighted by molar-refractivity contribution is 5.20. The Kier molecular flexibility index (Phi) is 26.5. The zero-order chi connectivity index (χ0) is 44.7. The SMILES string of the molecule is CCCCCC(CCC)CCCCCCCC(C)C(CC)CCC(C1=CC(C)(C)C(CCCC)CC(C)CC(C2(CCC)CCCC2)CCC2CC2(C)C1)C(C)CCCCC. The number of rotatable bonds is 31. The van der Waals surface area contributed by atoms with Crippen LogP contribution in [0.1, 0.15) is 308 Å². The number of fused-ring (bicyclic) bond motifs is 1. The first-order valence-electron chi connectivity index (χ1n) is 29.0. The van der Waals surface area contributed by atoms with Gasteiger partial charge in [0.05, 0.1) is 0 Å². The van der Waals surface area contributed by atoms with E-state index < -0.39 is 0 Å². The van der Waals surface area contributed by atoms with E-state index in [-0.39, 0.29) is 5.41 Å². The standard InChI is InChI=1S/C61H116/c1-13-19-25-33-51(9)58(40-37-53(18-6)50(8)32-27-23-22-24-28-35-52(31-16-4)34-26-20-14-2)54-46-59(10,11)55(36-21-15-3)44-49(7)45-56(38-39-57-48-60(57,12)47-54)61(41-17-5)42-29-30-43-61/h46,49-53,55-58H,13-45,47-48H2,1-12H3. The van der Waals surface area contributed by atoms with Gasteiger partial charge in [0.25, 0.3) is 0 Å². The summed E-state index contributed by atoms with van der Waals surface area (Å²) in [4.78, 5) is 0. The molecule has 0 nitrogen and oxygen atoms in total. The molecule has 0 bridgehead atoms. The van der Waals surface area contributed by atoms with Gasteiger partial charge in [0.1, 0.15) is 0 Å². The predicted octanol–water partition coefficient (Wildman–Crippen LogP) is 21.4. The van der Waals surface area contributed by atoms with Crippen LogP contribution in [0.5, 0.6) is 0 Å². The first-order valence-corrected chi connectivity index (χ1v) is 29.0. The number of hydrogen-bond donors (Lipinski definition) is 0. The van der Waals surface area contributed by atoms with Crippen molar-refractivity contribution in [1.29, 1.82) is 0 Å². The lowest BCUT2D eigenvalue weighted by Crippen LogP contribution is -2.31. The van der Waals surface area contributed by atoms with Crippen LogP contribution in [0.4, 0.5) is 0 Å². The van der Waals surface area contributed by atoms with Crippen LogP contribution in [0.25, 0.3) is 0 Å². The Labute approximate surface area is 387 Å². The topological polar surface area (TPSA) is 0 Å². The summed E-state index contributed by atoms with van der Waals surface area (Å²) in [6, 6.07) is 0. The minimum absolute atomic E-state index is 0.266. The molecule has 0 heterocycles. The van der Waals surface area contributed by atoms with Crippen LogP contribution >= 0.6 is 0 Å². The molecule has 3 aliphatic rings. The molecular weight excluding hydrogens is 733 g/mol. The third-order valence-corrected chi connectivity index (χ3v) is 18.9. The van der Waals surface area contributed by atoms with Gasteiger partial charge in [-0.2, -0.15) is 0 Å². The van der Waals surface area contributed by atoms with Crippen LogP contribution in [0.15, 0.2) is 11.6 Å². The van der Waals surface area contributed by atoms with Crippen molar-refractivity contribution >= 4 is 0 Å². The Hall–Kier alpha value is -0.260.